The van der Waals surface area contributed by atoms with Crippen molar-refractivity contribution in [3.8, 4) is 0 Å². The van der Waals surface area contributed by atoms with Crippen LogP contribution in [0.3, 0.4) is 0 Å². The molecule has 5 rings (SSSR count). The third-order valence-electron chi connectivity index (χ3n) is 7.50. The zero-order valence-corrected chi connectivity index (χ0v) is 17.0. The van der Waals surface area contributed by atoms with Crippen molar-refractivity contribution < 1.29 is 14.3 Å². The third-order valence-corrected chi connectivity index (χ3v) is 7.50. The smallest absolute Gasteiger partial charge is 0.340 e. The van der Waals surface area contributed by atoms with Crippen LogP contribution < -0.4 is 5.32 Å². The Kier molecular flexibility index (Phi) is 4.59. The maximum atomic E-state index is 13.0. The van der Waals surface area contributed by atoms with E-state index in [-0.39, 0.29) is 23.3 Å². The number of hydrogen-bond donors (Lipinski definition) is 2. The Bertz CT molecular complexity index is 729. The molecule has 1 aromatic heterocycles. The third kappa shape index (κ3) is 3.09. The summed E-state index contributed by atoms with van der Waals surface area (Å²) in [6, 6.07) is 0.160. The van der Waals surface area contributed by atoms with Crippen LogP contribution in [0.1, 0.15) is 84.5 Å². The fourth-order valence-electron chi connectivity index (χ4n) is 6.62. The molecule has 0 unspecified atom stereocenters. The van der Waals surface area contributed by atoms with Gasteiger partial charge in [0.1, 0.15) is 5.69 Å². The minimum absolute atomic E-state index is 0.102. The number of amides is 1. The summed E-state index contributed by atoms with van der Waals surface area (Å²) in [4.78, 5) is 28.3. The van der Waals surface area contributed by atoms with Gasteiger partial charge in [0.2, 0.25) is 0 Å². The van der Waals surface area contributed by atoms with Gasteiger partial charge in [-0.3, -0.25) is 4.79 Å². The molecule has 1 heterocycles. The molecule has 0 spiro atoms. The second kappa shape index (κ2) is 6.68. The van der Waals surface area contributed by atoms with E-state index in [4.69, 9.17) is 4.74 Å². The molecule has 0 saturated heterocycles. The van der Waals surface area contributed by atoms with Crippen molar-refractivity contribution in [2.24, 2.45) is 23.2 Å². The number of H-pyrrole nitrogens is 1. The number of ether oxygens (including phenoxy) is 1. The van der Waals surface area contributed by atoms with E-state index in [9.17, 15) is 9.59 Å². The standard InChI is InChI=1S/C22H32N2O3/c1-5-27-21(26)18-12(2)19(23-13(18)3)20(25)24-14(4)22-9-15-6-16(10-22)8-17(7-15)11-22/h14-17,23H,5-11H2,1-4H3,(H,24,25)/t14-,15?,16?,17?,22?/m0/s1. The second-order valence-electron chi connectivity index (χ2n) is 9.32. The number of aromatic nitrogens is 1. The number of carbonyl (C=O) groups excluding carboxylic acids is 2. The Morgan fingerprint density at radius 3 is 2.22 bits per heavy atom. The summed E-state index contributed by atoms with van der Waals surface area (Å²) < 4.78 is 5.14. The molecule has 4 saturated carbocycles. The molecule has 0 aromatic carbocycles. The van der Waals surface area contributed by atoms with Gasteiger partial charge < -0.3 is 15.0 Å². The van der Waals surface area contributed by atoms with Gasteiger partial charge in [0.05, 0.1) is 12.2 Å². The fraction of sp³-hybridized carbons (Fsp3) is 0.727. The number of nitrogens with one attached hydrogen (secondary N) is 2. The first-order valence-corrected chi connectivity index (χ1v) is 10.5. The predicted molar refractivity (Wildman–Crippen MR) is 104 cm³/mol. The van der Waals surface area contributed by atoms with Crippen LogP contribution in [0.2, 0.25) is 0 Å². The average Bonchev–Trinajstić information content (AvgIpc) is 2.88. The monoisotopic (exact) mass is 372 g/mol. The topological polar surface area (TPSA) is 71.2 Å². The number of hydrogen-bond acceptors (Lipinski definition) is 3. The zero-order valence-electron chi connectivity index (χ0n) is 17.0. The van der Waals surface area contributed by atoms with Crippen LogP contribution in [0, 0.1) is 37.0 Å². The highest BCUT2D eigenvalue weighted by molar-refractivity contribution is 6.00. The molecule has 4 aliphatic carbocycles. The lowest BCUT2D eigenvalue weighted by Crippen LogP contribution is -2.55. The summed E-state index contributed by atoms with van der Waals surface area (Å²) in [6.45, 7) is 7.94. The van der Waals surface area contributed by atoms with Crippen molar-refractivity contribution in [2.75, 3.05) is 6.61 Å². The van der Waals surface area contributed by atoms with Gasteiger partial charge in [-0.15, -0.1) is 0 Å². The lowest BCUT2D eigenvalue weighted by atomic mass is 9.48. The zero-order chi connectivity index (χ0) is 19.3. The van der Waals surface area contributed by atoms with Crippen molar-refractivity contribution in [1.82, 2.24) is 10.3 Å². The van der Waals surface area contributed by atoms with E-state index in [1.807, 2.05) is 13.8 Å². The quantitative estimate of drug-likeness (QED) is 0.763. The molecule has 27 heavy (non-hydrogen) atoms. The van der Waals surface area contributed by atoms with E-state index in [0.29, 0.717) is 29.1 Å². The highest BCUT2D eigenvalue weighted by Gasteiger charge is 2.53. The normalized spacial score (nSPS) is 32.4. The highest BCUT2D eigenvalue weighted by Crippen LogP contribution is 2.61. The molecular formula is C22H32N2O3. The molecule has 5 heteroatoms. The predicted octanol–water partition coefficient (Wildman–Crippen LogP) is 4.14. The molecule has 4 fully saturated rings. The van der Waals surface area contributed by atoms with Crippen LogP contribution in [0.5, 0.6) is 0 Å². The maximum Gasteiger partial charge on any atom is 0.340 e. The van der Waals surface area contributed by atoms with Crippen molar-refractivity contribution in [3.05, 3.63) is 22.5 Å². The molecule has 1 atom stereocenters. The SMILES string of the molecule is CCOC(=O)c1c(C)[nH]c(C(=O)N[C@@H](C)C23CC4CC(CC(C4)C2)C3)c1C. The highest BCUT2D eigenvalue weighted by atomic mass is 16.5. The summed E-state index contributed by atoms with van der Waals surface area (Å²) >= 11 is 0. The summed E-state index contributed by atoms with van der Waals surface area (Å²) in [5.74, 6) is 2.12. The molecule has 5 nitrogen and oxygen atoms in total. The molecule has 2 N–H and O–H groups in total. The minimum Gasteiger partial charge on any atom is -0.462 e. The first kappa shape index (κ1) is 18.6. The average molecular weight is 373 g/mol. The second-order valence-corrected chi connectivity index (χ2v) is 9.32. The number of aromatic amines is 1. The lowest BCUT2D eigenvalue weighted by molar-refractivity contribution is -0.0688. The lowest BCUT2D eigenvalue weighted by Gasteiger charge is -2.59. The van der Waals surface area contributed by atoms with Crippen LogP contribution in [0.25, 0.3) is 0 Å². The van der Waals surface area contributed by atoms with Crippen molar-refractivity contribution in [3.63, 3.8) is 0 Å². The van der Waals surface area contributed by atoms with Gasteiger partial charge in [0.15, 0.2) is 0 Å². The van der Waals surface area contributed by atoms with Gasteiger partial charge in [-0.05, 0) is 95.0 Å². The fourth-order valence-corrected chi connectivity index (χ4v) is 6.62. The Labute approximate surface area is 161 Å². The molecule has 0 aliphatic heterocycles. The van der Waals surface area contributed by atoms with E-state index in [1.165, 1.54) is 38.5 Å². The van der Waals surface area contributed by atoms with Crippen molar-refractivity contribution in [1.29, 1.82) is 0 Å². The Hall–Kier alpha value is -1.78. The van der Waals surface area contributed by atoms with Crippen LogP contribution in [-0.2, 0) is 4.74 Å². The molecule has 1 aromatic rings. The van der Waals surface area contributed by atoms with E-state index < -0.39 is 0 Å². The van der Waals surface area contributed by atoms with E-state index in [2.05, 4.69) is 17.2 Å². The van der Waals surface area contributed by atoms with Gasteiger partial charge in [-0.2, -0.15) is 0 Å². The number of esters is 1. The molecule has 4 aliphatic rings. The maximum absolute atomic E-state index is 13.0. The summed E-state index contributed by atoms with van der Waals surface area (Å²) in [5, 5.41) is 3.28. The molecular weight excluding hydrogens is 340 g/mol. The van der Waals surface area contributed by atoms with Gasteiger partial charge in [-0.25, -0.2) is 4.79 Å². The number of aryl methyl sites for hydroxylation is 1. The largest absolute Gasteiger partial charge is 0.462 e. The van der Waals surface area contributed by atoms with Crippen molar-refractivity contribution in [2.45, 2.75) is 72.3 Å². The van der Waals surface area contributed by atoms with Gasteiger partial charge >= 0.3 is 5.97 Å². The Morgan fingerprint density at radius 2 is 1.70 bits per heavy atom. The van der Waals surface area contributed by atoms with E-state index in [0.717, 1.165) is 17.8 Å². The minimum atomic E-state index is -0.364. The van der Waals surface area contributed by atoms with E-state index in [1.54, 1.807) is 6.92 Å². The Balaban J connectivity index is 1.51. The van der Waals surface area contributed by atoms with Crippen LogP contribution in [-0.4, -0.2) is 29.5 Å². The van der Waals surface area contributed by atoms with E-state index >= 15 is 0 Å². The number of rotatable bonds is 5. The van der Waals surface area contributed by atoms with Gasteiger partial charge in [0.25, 0.3) is 5.91 Å². The van der Waals surface area contributed by atoms with Crippen LogP contribution in [0.4, 0.5) is 0 Å². The molecule has 4 bridgehead atoms. The first-order valence-electron chi connectivity index (χ1n) is 10.5. The molecule has 1 amide bonds. The van der Waals surface area contributed by atoms with Gasteiger partial charge in [0, 0.05) is 11.7 Å². The van der Waals surface area contributed by atoms with Crippen LogP contribution in [0.15, 0.2) is 0 Å². The summed E-state index contributed by atoms with van der Waals surface area (Å²) in [5.41, 5.74) is 2.63. The Morgan fingerprint density at radius 1 is 1.15 bits per heavy atom. The summed E-state index contributed by atoms with van der Waals surface area (Å²) in [7, 11) is 0. The number of carbonyl (C=O) groups is 2. The molecule has 148 valence electrons. The molecule has 0 radical (unpaired) electrons. The summed E-state index contributed by atoms with van der Waals surface area (Å²) in [6.07, 6.45) is 7.99. The van der Waals surface area contributed by atoms with Crippen molar-refractivity contribution >= 4 is 11.9 Å². The first-order chi connectivity index (χ1) is 12.8. The van der Waals surface area contributed by atoms with Crippen LogP contribution >= 0.6 is 0 Å². The van der Waals surface area contributed by atoms with Gasteiger partial charge in [-0.1, -0.05) is 0 Å².